The van der Waals surface area contributed by atoms with Gasteiger partial charge in [0.1, 0.15) is 5.82 Å². The van der Waals surface area contributed by atoms with Crippen LogP contribution in [0.5, 0.6) is 0 Å². The Labute approximate surface area is 64.3 Å². The number of hydrogen-bond acceptors (Lipinski definition) is 2. The molecule has 0 fully saturated rings. The van der Waals surface area contributed by atoms with Crippen LogP contribution in [0, 0.1) is 24.1 Å². The molecule has 1 rings (SSSR count). The Balaban J connectivity index is 3.08. The maximum Gasteiger partial charge on any atom is 0.148 e. The van der Waals surface area contributed by atoms with Gasteiger partial charge in [-0.3, -0.25) is 4.98 Å². The topological polar surface area (TPSA) is 36.7 Å². The molecule has 2 nitrogen and oxygen atoms in total. The lowest BCUT2D eigenvalue weighted by atomic mass is 10.2. The minimum atomic E-state index is -0.367. The van der Waals surface area contributed by atoms with Crippen molar-refractivity contribution in [3.05, 3.63) is 29.3 Å². The Kier molecular flexibility index (Phi) is 2.17. The third-order valence-electron chi connectivity index (χ3n) is 1.41. The molecule has 0 aliphatic heterocycles. The molecule has 0 aliphatic rings. The Morgan fingerprint density at radius 2 is 2.45 bits per heavy atom. The molecule has 0 saturated heterocycles. The quantitative estimate of drug-likeness (QED) is 0.609. The second kappa shape index (κ2) is 3.11. The van der Waals surface area contributed by atoms with Crippen molar-refractivity contribution in [2.24, 2.45) is 0 Å². The molecule has 0 spiro atoms. The first-order chi connectivity index (χ1) is 5.25. The van der Waals surface area contributed by atoms with Crippen LogP contribution in [0.4, 0.5) is 4.39 Å². The van der Waals surface area contributed by atoms with Crippen LogP contribution in [-0.2, 0) is 6.42 Å². The van der Waals surface area contributed by atoms with E-state index >= 15 is 0 Å². The van der Waals surface area contributed by atoms with Gasteiger partial charge in [0, 0.05) is 11.8 Å². The van der Waals surface area contributed by atoms with Crippen LogP contribution in [-0.4, -0.2) is 4.98 Å². The monoisotopic (exact) mass is 150 g/mol. The van der Waals surface area contributed by atoms with E-state index in [-0.39, 0.29) is 12.2 Å². The molecule has 0 N–H and O–H groups in total. The molecule has 0 aromatic carbocycles. The number of hydrogen-bond donors (Lipinski definition) is 0. The molecule has 0 saturated carbocycles. The standard InChI is InChI=1S/C8H7FN2/c1-6-8(9)7(2-4-10)3-5-11-6/h3,5H,2H2,1H3. The molecular formula is C8H7FN2. The molecule has 56 valence electrons. The van der Waals surface area contributed by atoms with Gasteiger partial charge in [0.05, 0.1) is 18.2 Å². The van der Waals surface area contributed by atoms with E-state index in [1.807, 2.05) is 6.07 Å². The van der Waals surface area contributed by atoms with Crippen LogP contribution in [0.3, 0.4) is 0 Å². The second-order valence-electron chi connectivity index (χ2n) is 2.20. The highest BCUT2D eigenvalue weighted by Crippen LogP contribution is 2.08. The molecule has 11 heavy (non-hydrogen) atoms. The van der Waals surface area contributed by atoms with Gasteiger partial charge in [0.25, 0.3) is 0 Å². The number of nitriles is 1. The van der Waals surface area contributed by atoms with E-state index in [0.29, 0.717) is 11.3 Å². The summed E-state index contributed by atoms with van der Waals surface area (Å²) < 4.78 is 13.0. The number of pyridine rings is 1. The van der Waals surface area contributed by atoms with E-state index in [9.17, 15) is 4.39 Å². The largest absolute Gasteiger partial charge is 0.259 e. The Morgan fingerprint density at radius 3 is 3.09 bits per heavy atom. The van der Waals surface area contributed by atoms with Crippen molar-refractivity contribution >= 4 is 0 Å². The lowest BCUT2D eigenvalue weighted by molar-refractivity contribution is 0.597. The van der Waals surface area contributed by atoms with Crippen LogP contribution < -0.4 is 0 Å². The summed E-state index contributed by atoms with van der Waals surface area (Å²) in [5.74, 6) is -0.367. The predicted octanol–water partition coefficient (Wildman–Crippen LogP) is 1.60. The van der Waals surface area contributed by atoms with Gasteiger partial charge in [-0.2, -0.15) is 5.26 Å². The fourth-order valence-electron chi connectivity index (χ4n) is 0.823. The van der Waals surface area contributed by atoms with Crippen molar-refractivity contribution in [2.45, 2.75) is 13.3 Å². The Bertz CT molecular complexity index is 301. The van der Waals surface area contributed by atoms with Crippen molar-refractivity contribution in [1.29, 1.82) is 5.26 Å². The first kappa shape index (κ1) is 7.67. The molecule has 0 amide bonds. The Hall–Kier alpha value is -1.43. The highest BCUT2D eigenvalue weighted by Gasteiger charge is 2.03. The van der Waals surface area contributed by atoms with Gasteiger partial charge in [0.2, 0.25) is 0 Å². The third kappa shape index (κ3) is 1.53. The SMILES string of the molecule is Cc1nccc(CC#N)c1F. The normalized spacial score (nSPS) is 9.18. The number of aromatic nitrogens is 1. The average Bonchev–Trinajstić information content (AvgIpc) is 1.99. The number of halogens is 1. The summed E-state index contributed by atoms with van der Waals surface area (Å²) in [5, 5.41) is 8.30. The molecule has 1 aromatic heterocycles. The van der Waals surface area contributed by atoms with Gasteiger partial charge >= 0.3 is 0 Å². The summed E-state index contributed by atoms with van der Waals surface area (Å²) in [6.07, 6.45) is 1.61. The van der Waals surface area contributed by atoms with Crippen molar-refractivity contribution < 1.29 is 4.39 Å². The minimum absolute atomic E-state index is 0.106. The van der Waals surface area contributed by atoms with E-state index in [1.54, 1.807) is 6.92 Å². The first-order valence-corrected chi connectivity index (χ1v) is 3.22. The van der Waals surface area contributed by atoms with Crippen molar-refractivity contribution in [2.75, 3.05) is 0 Å². The highest BCUT2D eigenvalue weighted by atomic mass is 19.1. The Morgan fingerprint density at radius 1 is 1.73 bits per heavy atom. The van der Waals surface area contributed by atoms with Crippen LogP contribution in [0.15, 0.2) is 12.3 Å². The zero-order chi connectivity index (χ0) is 8.27. The van der Waals surface area contributed by atoms with Gasteiger partial charge in [-0.15, -0.1) is 0 Å². The average molecular weight is 150 g/mol. The van der Waals surface area contributed by atoms with Crippen LogP contribution >= 0.6 is 0 Å². The maximum absolute atomic E-state index is 13.0. The van der Waals surface area contributed by atoms with E-state index in [2.05, 4.69) is 4.98 Å². The molecule has 1 heterocycles. The van der Waals surface area contributed by atoms with E-state index in [1.165, 1.54) is 12.3 Å². The predicted molar refractivity (Wildman–Crippen MR) is 38.2 cm³/mol. The van der Waals surface area contributed by atoms with Gasteiger partial charge in [-0.05, 0) is 13.0 Å². The molecule has 0 radical (unpaired) electrons. The number of nitrogens with zero attached hydrogens (tertiary/aromatic N) is 2. The maximum atomic E-state index is 13.0. The van der Waals surface area contributed by atoms with E-state index in [0.717, 1.165) is 0 Å². The van der Waals surface area contributed by atoms with Crippen molar-refractivity contribution in [3.8, 4) is 6.07 Å². The minimum Gasteiger partial charge on any atom is -0.259 e. The fourth-order valence-corrected chi connectivity index (χ4v) is 0.823. The van der Waals surface area contributed by atoms with Crippen molar-refractivity contribution in [1.82, 2.24) is 4.98 Å². The molecule has 0 unspecified atom stereocenters. The number of rotatable bonds is 1. The zero-order valence-electron chi connectivity index (χ0n) is 6.13. The summed E-state index contributed by atoms with van der Waals surface area (Å²) in [6.45, 7) is 1.58. The third-order valence-corrected chi connectivity index (χ3v) is 1.41. The van der Waals surface area contributed by atoms with Crippen LogP contribution in [0.2, 0.25) is 0 Å². The molecular weight excluding hydrogens is 143 g/mol. The fraction of sp³-hybridized carbons (Fsp3) is 0.250. The van der Waals surface area contributed by atoms with E-state index in [4.69, 9.17) is 5.26 Å². The lowest BCUT2D eigenvalue weighted by Gasteiger charge is -1.98. The first-order valence-electron chi connectivity index (χ1n) is 3.22. The summed E-state index contributed by atoms with van der Waals surface area (Å²) in [4.78, 5) is 3.74. The van der Waals surface area contributed by atoms with E-state index < -0.39 is 0 Å². The molecule has 3 heteroatoms. The van der Waals surface area contributed by atoms with Gasteiger partial charge < -0.3 is 0 Å². The summed E-state index contributed by atoms with van der Waals surface area (Å²) in [7, 11) is 0. The van der Waals surface area contributed by atoms with Crippen LogP contribution in [0.25, 0.3) is 0 Å². The highest BCUT2D eigenvalue weighted by molar-refractivity contribution is 5.21. The smallest absolute Gasteiger partial charge is 0.148 e. The number of aryl methyl sites for hydroxylation is 1. The second-order valence-corrected chi connectivity index (χ2v) is 2.20. The van der Waals surface area contributed by atoms with Crippen molar-refractivity contribution in [3.63, 3.8) is 0 Å². The van der Waals surface area contributed by atoms with Crippen LogP contribution in [0.1, 0.15) is 11.3 Å². The van der Waals surface area contributed by atoms with Gasteiger partial charge in [-0.1, -0.05) is 0 Å². The van der Waals surface area contributed by atoms with Gasteiger partial charge in [0.15, 0.2) is 0 Å². The molecule has 0 aliphatic carbocycles. The zero-order valence-corrected chi connectivity index (χ0v) is 6.13. The lowest BCUT2D eigenvalue weighted by Crippen LogP contribution is -1.94. The summed E-state index contributed by atoms with van der Waals surface area (Å²) >= 11 is 0. The molecule has 1 aromatic rings. The summed E-state index contributed by atoms with van der Waals surface area (Å²) in [6, 6.07) is 3.40. The summed E-state index contributed by atoms with van der Waals surface area (Å²) in [5.41, 5.74) is 0.762. The van der Waals surface area contributed by atoms with Gasteiger partial charge in [-0.25, -0.2) is 4.39 Å². The molecule has 0 bridgehead atoms. The molecule has 0 atom stereocenters.